The molecule has 1 aromatic carbocycles. The van der Waals surface area contributed by atoms with Crippen LogP contribution in [0, 0.1) is 0 Å². The number of dihydropyridines is 1. The highest BCUT2D eigenvalue weighted by molar-refractivity contribution is 6.10. The smallest absolute Gasteiger partial charge is 0.390 e. The van der Waals surface area contributed by atoms with E-state index >= 15 is 0 Å². The fraction of sp³-hybridized carbons (Fsp3) is 0.333. The number of rotatable bonds is 10. The highest BCUT2D eigenvalue weighted by Crippen LogP contribution is 2.28. The monoisotopic (exact) mass is 551 g/mol. The number of aromatic nitrogens is 3. The molecule has 3 aromatic rings. The van der Waals surface area contributed by atoms with Crippen LogP contribution >= 0.6 is 0 Å². The number of ether oxygens (including phenoxy) is 1. The van der Waals surface area contributed by atoms with Gasteiger partial charge >= 0.3 is 6.18 Å². The number of aliphatic imine (C=N–C) groups is 3. The molecule has 1 saturated carbocycles. The van der Waals surface area contributed by atoms with Gasteiger partial charge in [0.05, 0.1) is 29.3 Å². The van der Waals surface area contributed by atoms with Crippen molar-refractivity contribution in [3.05, 3.63) is 53.7 Å². The van der Waals surface area contributed by atoms with Gasteiger partial charge in [0.1, 0.15) is 18.4 Å². The van der Waals surface area contributed by atoms with Crippen LogP contribution in [0.25, 0.3) is 16.6 Å². The predicted octanol–water partition coefficient (Wildman–Crippen LogP) is 5.01. The largest absolute Gasteiger partial charge is 0.405 e. The Kier molecular flexibility index (Phi) is 8.29. The fourth-order valence-electron chi connectivity index (χ4n) is 4.08. The van der Waals surface area contributed by atoms with E-state index in [1.807, 2.05) is 18.2 Å². The van der Waals surface area contributed by atoms with E-state index in [0.717, 1.165) is 30.3 Å². The van der Waals surface area contributed by atoms with Gasteiger partial charge in [0.15, 0.2) is 12.0 Å². The Morgan fingerprint density at radius 2 is 1.88 bits per heavy atom. The molecule has 0 amide bonds. The molecule has 1 atom stereocenters. The molecule has 0 saturated heterocycles. The number of fused-ring (bicyclic) bond motifs is 1. The van der Waals surface area contributed by atoms with Crippen molar-refractivity contribution in [3.8, 4) is 0 Å². The molecule has 10 nitrogen and oxygen atoms in total. The quantitative estimate of drug-likeness (QED) is 0.238. The Morgan fingerprint density at radius 3 is 2.55 bits per heavy atom. The van der Waals surface area contributed by atoms with Gasteiger partial charge in [-0.25, -0.2) is 20.0 Å². The van der Waals surface area contributed by atoms with Gasteiger partial charge in [-0.05, 0) is 49.1 Å². The van der Waals surface area contributed by atoms with E-state index in [4.69, 9.17) is 10.5 Å². The molecule has 2 aromatic heterocycles. The van der Waals surface area contributed by atoms with Crippen LogP contribution in [-0.2, 0) is 11.3 Å². The molecule has 13 heteroatoms. The van der Waals surface area contributed by atoms with Crippen molar-refractivity contribution in [2.45, 2.75) is 50.7 Å². The standard InChI is InChI=1S/C27H28F3N9O/c28-27(29,30)14-35-25-24-22(10-9-21(37-24)18-6-11-23(33-13-18)40-20-2-1-3-20)38-26(39-25)34-12-17-4-7-19(8-5-17)36-16-32-15-31/h4-10,13,15-16,20,23H,1-3,11-12,14H2,(H2,31,32,36)(H2,34,35,38,39). The summed E-state index contributed by atoms with van der Waals surface area (Å²) in [5.74, 6) is 0.150. The summed E-state index contributed by atoms with van der Waals surface area (Å²) in [4.78, 5) is 25.7. The maximum Gasteiger partial charge on any atom is 0.405 e. The first-order valence-electron chi connectivity index (χ1n) is 12.8. The Bertz CT molecular complexity index is 1450. The lowest BCUT2D eigenvalue weighted by molar-refractivity contribution is -0.115. The normalized spacial score (nSPS) is 17.9. The van der Waals surface area contributed by atoms with Gasteiger partial charge < -0.3 is 21.1 Å². The van der Waals surface area contributed by atoms with Crippen LogP contribution in [0.4, 0.5) is 30.6 Å². The molecule has 1 aliphatic heterocycles. The molecule has 2 aliphatic rings. The minimum Gasteiger partial charge on any atom is -0.390 e. The van der Waals surface area contributed by atoms with Crippen molar-refractivity contribution >= 4 is 53.0 Å². The summed E-state index contributed by atoms with van der Waals surface area (Å²) in [6, 6.07) is 10.8. The molecule has 40 heavy (non-hydrogen) atoms. The zero-order chi connectivity index (χ0) is 28.0. The maximum absolute atomic E-state index is 13.1. The Labute approximate surface area is 228 Å². The number of anilines is 2. The topological polar surface area (TPSA) is 135 Å². The second-order valence-electron chi connectivity index (χ2n) is 9.31. The zero-order valence-corrected chi connectivity index (χ0v) is 21.5. The number of nitrogens with zero attached hydrogens (tertiary/aromatic N) is 6. The van der Waals surface area contributed by atoms with Gasteiger partial charge in [-0.2, -0.15) is 18.2 Å². The lowest BCUT2D eigenvalue weighted by Gasteiger charge is -2.29. The number of allylic oxidation sites excluding steroid dienone is 1. The second kappa shape index (κ2) is 12.2. The van der Waals surface area contributed by atoms with Gasteiger partial charge in [-0.15, -0.1) is 0 Å². The molecule has 4 N–H and O–H groups in total. The third kappa shape index (κ3) is 7.17. The summed E-state index contributed by atoms with van der Waals surface area (Å²) in [6.45, 7) is -0.918. The molecule has 1 fully saturated rings. The van der Waals surface area contributed by atoms with E-state index < -0.39 is 12.7 Å². The minimum absolute atomic E-state index is 0.0173. The number of alkyl halides is 3. The van der Waals surface area contributed by atoms with Crippen LogP contribution in [0.2, 0.25) is 0 Å². The minimum atomic E-state index is -4.43. The molecular formula is C27H28F3N9O. The summed E-state index contributed by atoms with van der Waals surface area (Å²) >= 11 is 0. The SMILES string of the molecule is NC=NC=Nc1ccc(CNc2nc(NCC(F)(F)F)c3nc(C4=CCC(OC5CCC5)N=C4)ccc3n2)cc1. The average molecular weight is 552 g/mol. The Hall–Kier alpha value is -4.39. The lowest BCUT2D eigenvalue weighted by Crippen LogP contribution is -2.27. The van der Waals surface area contributed by atoms with Gasteiger partial charge in [-0.1, -0.05) is 18.2 Å². The number of nitrogens with two attached hydrogens (primary N) is 1. The number of hydrogen-bond donors (Lipinski definition) is 3. The maximum atomic E-state index is 13.1. The van der Waals surface area contributed by atoms with Gasteiger partial charge in [0, 0.05) is 24.8 Å². The molecular weight excluding hydrogens is 523 g/mol. The summed E-state index contributed by atoms with van der Waals surface area (Å²) < 4.78 is 45.1. The first kappa shape index (κ1) is 27.2. The molecule has 0 bridgehead atoms. The molecule has 0 spiro atoms. The molecule has 5 rings (SSSR count). The van der Waals surface area contributed by atoms with E-state index in [1.54, 1.807) is 30.5 Å². The molecule has 3 heterocycles. The second-order valence-corrected chi connectivity index (χ2v) is 9.31. The van der Waals surface area contributed by atoms with Crippen molar-refractivity contribution in [3.63, 3.8) is 0 Å². The van der Waals surface area contributed by atoms with Crippen LogP contribution in [0.5, 0.6) is 0 Å². The van der Waals surface area contributed by atoms with E-state index in [1.165, 1.54) is 12.8 Å². The number of pyridine rings is 1. The van der Waals surface area contributed by atoms with Crippen molar-refractivity contribution in [1.29, 1.82) is 0 Å². The third-order valence-electron chi connectivity index (χ3n) is 6.36. The van der Waals surface area contributed by atoms with Crippen molar-refractivity contribution in [2.75, 3.05) is 17.2 Å². The van der Waals surface area contributed by atoms with Crippen molar-refractivity contribution in [2.24, 2.45) is 20.7 Å². The van der Waals surface area contributed by atoms with E-state index in [9.17, 15) is 13.2 Å². The van der Waals surface area contributed by atoms with Crippen LogP contribution in [0.15, 0.2) is 57.5 Å². The Balaban J connectivity index is 1.33. The third-order valence-corrected chi connectivity index (χ3v) is 6.36. The lowest BCUT2D eigenvalue weighted by atomic mass is 9.96. The van der Waals surface area contributed by atoms with Gasteiger partial charge in [0.2, 0.25) is 5.95 Å². The molecule has 0 radical (unpaired) electrons. The molecule has 1 unspecified atom stereocenters. The summed E-state index contributed by atoms with van der Waals surface area (Å²) in [5, 5.41) is 5.46. The fourth-order valence-corrected chi connectivity index (χ4v) is 4.08. The van der Waals surface area contributed by atoms with Crippen LogP contribution in [-0.4, -0.2) is 58.9 Å². The first-order valence-corrected chi connectivity index (χ1v) is 12.8. The van der Waals surface area contributed by atoms with Gasteiger partial charge in [0.25, 0.3) is 0 Å². The van der Waals surface area contributed by atoms with E-state index in [2.05, 4.69) is 40.6 Å². The van der Waals surface area contributed by atoms with E-state index in [-0.39, 0.29) is 29.6 Å². The number of hydrogen-bond acceptors (Lipinski definition) is 8. The molecule has 208 valence electrons. The van der Waals surface area contributed by atoms with Crippen molar-refractivity contribution in [1.82, 2.24) is 15.0 Å². The molecule has 1 aliphatic carbocycles. The summed E-state index contributed by atoms with van der Waals surface area (Å²) in [7, 11) is 0. The summed E-state index contributed by atoms with van der Waals surface area (Å²) in [5.41, 5.74) is 8.73. The highest BCUT2D eigenvalue weighted by atomic mass is 19.4. The zero-order valence-electron chi connectivity index (χ0n) is 21.5. The van der Waals surface area contributed by atoms with Crippen LogP contribution in [0.3, 0.4) is 0 Å². The Morgan fingerprint density at radius 1 is 1.05 bits per heavy atom. The number of benzene rings is 1. The highest BCUT2D eigenvalue weighted by Gasteiger charge is 2.28. The van der Waals surface area contributed by atoms with Crippen molar-refractivity contribution < 1.29 is 17.9 Å². The average Bonchev–Trinajstić information content (AvgIpc) is 2.93. The number of nitrogens with one attached hydrogen (secondary N) is 2. The first-order chi connectivity index (χ1) is 19.4. The van der Waals surface area contributed by atoms with Crippen LogP contribution < -0.4 is 16.4 Å². The number of halogens is 3. The van der Waals surface area contributed by atoms with Gasteiger partial charge in [-0.3, -0.25) is 4.99 Å². The van der Waals surface area contributed by atoms with E-state index in [0.29, 0.717) is 29.9 Å². The predicted molar refractivity (Wildman–Crippen MR) is 150 cm³/mol. The summed E-state index contributed by atoms with van der Waals surface area (Å²) in [6.07, 6.45) is 5.69. The van der Waals surface area contributed by atoms with Crippen LogP contribution in [0.1, 0.15) is 36.9 Å².